The van der Waals surface area contributed by atoms with E-state index in [4.69, 9.17) is 12.3 Å². The van der Waals surface area contributed by atoms with Crippen LogP contribution in [0.1, 0.15) is 39.5 Å². The zero-order valence-electron chi connectivity index (χ0n) is 19.2. The Morgan fingerprint density at radius 2 is 1.56 bits per heavy atom. The number of carboxylic acid groups (broad SMARTS) is 1. The average molecular weight is 451 g/mol. The van der Waals surface area contributed by atoms with E-state index in [-0.39, 0.29) is 0 Å². The molecule has 1 atom stereocenters. The Balaban J connectivity index is 4.74. The van der Waals surface area contributed by atoms with Gasteiger partial charge in [-0.2, -0.15) is 0 Å². The van der Waals surface area contributed by atoms with E-state index in [0.717, 1.165) is 37.3 Å². The molecule has 0 aromatic rings. The van der Waals surface area contributed by atoms with Crippen LogP contribution in [0.25, 0.3) is 0 Å². The summed E-state index contributed by atoms with van der Waals surface area (Å²) in [6.07, 6.45) is 3.66. The highest BCUT2D eigenvalue weighted by Gasteiger charge is 2.36. The van der Waals surface area contributed by atoms with E-state index in [2.05, 4.69) is 59.3 Å². The highest BCUT2D eigenvalue weighted by Crippen LogP contribution is 2.26. The second-order valence-corrected chi connectivity index (χ2v) is 24.2. The molecule has 160 valence electrons. The molecular formula is C18H42O5Si4. The summed E-state index contributed by atoms with van der Waals surface area (Å²) in [6, 6.07) is 1.01. The van der Waals surface area contributed by atoms with Gasteiger partial charge in [-0.3, -0.25) is 0 Å². The SMILES string of the molecule is CCCC(CCC[Si](C)(C)O[Si](C)(C)O[SiH](C)O[Si](C)(C)C)=C(C)C(=O)O. The van der Waals surface area contributed by atoms with Gasteiger partial charge in [0.2, 0.25) is 0 Å². The van der Waals surface area contributed by atoms with E-state index in [1.807, 2.05) is 0 Å². The lowest BCUT2D eigenvalue weighted by Gasteiger charge is -2.36. The highest BCUT2D eigenvalue weighted by molar-refractivity contribution is 6.85. The lowest BCUT2D eigenvalue weighted by molar-refractivity contribution is -0.132. The van der Waals surface area contributed by atoms with Crippen LogP contribution in [0.15, 0.2) is 11.1 Å². The summed E-state index contributed by atoms with van der Waals surface area (Å²) in [5.74, 6) is -0.797. The maximum absolute atomic E-state index is 11.3. The van der Waals surface area contributed by atoms with Gasteiger partial charge in [0, 0.05) is 5.57 Å². The molecule has 0 bridgehead atoms. The standard InChI is InChI=1S/C18H42O5Si4/c1-11-13-17(16(2)18(19)20)14-12-15-26(7,8)23-27(9,10)22-24(3)21-25(4,5)6/h24H,11-15H2,1-10H3,(H,19,20). The Hall–Kier alpha value is -0.0425. The summed E-state index contributed by atoms with van der Waals surface area (Å²) in [7, 11) is -7.34. The van der Waals surface area contributed by atoms with E-state index in [0.29, 0.717) is 5.57 Å². The van der Waals surface area contributed by atoms with Crippen molar-refractivity contribution in [2.45, 2.75) is 98.0 Å². The van der Waals surface area contributed by atoms with Crippen molar-refractivity contribution in [3.8, 4) is 0 Å². The Morgan fingerprint density at radius 1 is 1.00 bits per heavy atom. The first-order chi connectivity index (χ1) is 12.1. The van der Waals surface area contributed by atoms with Crippen molar-refractivity contribution >= 4 is 40.4 Å². The number of carboxylic acids is 1. The molecule has 0 fully saturated rings. The molecule has 0 aliphatic carbocycles. The Kier molecular flexibility index (Phi) is 11.2. The maximum Gasteiger partial charge on any atom is 0.331 e. The topological polar surface area (TPSA) is 65.0 Å². The van der Waals surface area contributed by atoms with Crippen LogP contribution in [-0.4, -0.2) is 45.6 Å². The van der Waals surface area contributed by atoms with Crippen molar-refractivity contribution in [1.29, 1.82) is 0 Å². The summed E-state index contributed by atoms with van der Waals surface area (Å²) in [4.78, 5) is 11.3. The minimum Gasteiger partial charge on any atom is -0.478 e. The van der Waals surface area contributed by atoms with E-state index >= 15 is 0 Å². The van der Waals surface area contributed by atoms with E-state index in [9.17, 15) is 9.90 Å². The summed E-state index contributed by atoms with van der Waals surface area (Å²) in [5, 5.41) is 9.27. The smallest absolute Gasteiger partial charge is 0.331 e. The van der Waals surface area contributed by atoms with Gasteiger partial charge in [-0.1, -0.05) is 18.9 Å². The van der Waals surface area contributed by atoms with Gasteiger partial charge in [0.1, 0.15) is 0 Å². The molecule has 5 nitrogen and oxygen atoms in total. The lowest BCUT2D eigenvalue weighted by Crippen LogP contribution is -2.50. The zero-order chi connectivity index (χ0) is 21.5. The molecule has 1 N–H and O–H groups in total. The van der Waals surface area contributed by atoms with E-state index < -0.39 is 40.4 Å². The van der Waals surface area contributed by atoms with Crippen molar-refractivity contribution in [2.24, 2.45) is 0 Å². The quantitative estimate of drug-likeness (QED) is 0.292. The number of carbonyl (C=O) groups is 1. The molecule has 0 saturated carbocycles. The Morgan fingerprint density at radius 3 is 2.00 bits per heavy atom. The molecule has 0 saturated heterocycles. The van der Waals surface area contributed by atoms with Gasteiger partial charge >= 0.3 is 14.5 Å². The molecule has 1 unspecified atom stereocenters. The van der Waals surface area contributed by atoms with Crippen molar-refractivity contribution < 1.29 is 22.2 Å². The molecule has 0 amide bonds. The van der Waals surface area contributed by atoms with Gasteiger partial charge < -0.3 is 17.5 Å². The molecule has 0 heterocycles. The first kappa shape index (κ1) is 27.0. The third kappa shape index (κ3) is 12.9. The van der Waals surface area contributed by atoms with Gasteiger partial charge in [0.25, 0.3) is 9.28 Å². The fourth-order valence-electron chi connectivity index (χ4n) is 3.34. The minimum atomic E-state index is -2.22. The lowest BCUT2D eigenvalue weighted by atomic mass is 10.0. The van der Waals surface area contributed by atoms with Gasteiger partial charge in [-0.05, 0) is 84.6 Å². The molecule has 9 heteroatoms. The van der Waals surface area contributed by atoms with Crippen LogP contribution in [0, 0.1) is 0 Å². The van der Waals surface area contributed by atoms with Crippen molar-refractivity contribution in [3.05, 3.63) is 11.1 Å². The largest absolute Gasteiger partial charge is 0.478 e. The molecule has 0 aromatic carbocycles. The van der Waals surface area contributed by atoms with E-state index in [1.54, 1.807) is 6.92 Å². The van der Waals surface area contributed by atoms with Crippen LogP contribution in [-0.2, 0) is 17.1 Å². The van der Waals surface area contributed by atoms with Crippen LogP contribution in [0.3, 0.4) is 0 Å². The monoisotopic (exact) mass is 450 g/mol. The minimum absolute atomic E-state index is 0.513. The van der Waals surface area contributed by atoms with Gasteiger partial charge in [0.15, 0.2) is 16.6 Å². The second-order valence-electron chi connectivity index (χ2n) is 9.31. The Labute approximate surface area is 171 Å². The van der Waals surface area contributed by atoms with Gasteiger partial charge in [-0.15, -0.1) is 0 Å². The Bertz CT molecular complexity index is 512. The van der Waals surface area contributed by atoms with E-state index in [1.165, 1.54) is 0 Å². The molecule has 0 radical (unpaired) electrons. The first-order valence-electron chi connectivity index (χ1n) is 10.1. The number of rotatable bonds is 13. The van der Waals surface area contributed by atoms with Crippen molar-refractivity contribution in [1.82, 2.24) is 0 Å². The second kappa shape index (κ2) is 11.2. The number of allylic oxidation sites excluding steroid dienone is 1. The summed E-state index contributed by atoms with van der Waals surface area (Å²) in [5.41, 5.74) is 1.59. The molecule has 0 aromatic heterocycles. The van der Waals surface area contributed by atoms with Crippen LogP contribution in [0.4, 0.5) is 0 Å². The van der Waals surface area contributed by atoms with Gasteiger partial charge in [0.05, 0.1) is 0 Å². The molecule has 0 rings (SSSR count). The van der Waals surface area contributed by atoms with Gasteiger partial charge in [-0.25, -0.2) is 4.79 Å². The summed E-state index contributed by atoms with van der Waals surface area (Å²) >= 11 is 0. The summed E-state index contributed by atoms with van der Waals surface area (Å²) in [6.45, 7) is 21.2. The summed E-state index contributed by atoms with van der Waals surface area (Å²) < 4.78 is 19.0. The third-order valence-corrected chi connectivity index (χ3v) is 17.6. The molecule has 0 aliphatic heterocycles. The predicted octanol–water partition coefficient (Wildman–Crippen LogP) is 5.61. The first-order valence-corrected chi connectivity index (χ1v) is 21.5. The predicted molar refractivity (Wildman–Crippen MR) is 124 cm³/mol. The fourth-order valence-corrected chi connectivity index (χ4v) is 18.5. The van der Waals surface area contributed by atoms with Crippen LogP contribution in [0.5, 0.6) is 0 Å². The highest BCUT2D eigenvalue weighted by atomic mass is 28.5. The van der Waals surface area contributed by atoms with Crippen LogP contribution >= 0.6 is 0 Å². The van der Waals surface area contributed by atoms with Crippen molar-refractivity contribution in [2.75, 3.05) is 0 Å². The molecular weight excluding hydrogens is 409 g/mol. The van der Waals surface area contributed by atoms with Crippen LogP contribution in [0.2, 0.25) is 58.4 Å². The molecule has 27 heavy (non-hydrogen) atoms. The zero-order valence-corrected chi connectivity index (χ0v) is 23.3. The number of hydrogen-bond donors (Lipinski definition) is 1. The number of hydrogen-bond acceptors (Lipinski definition) is 4. The average Bonchev–Trinajstić information content (AvgIpc) is 2.40. The molecule has 0 aliphatic rings. The van der Waals surface area contributed by atoms with Crippen molar-refractivity contribution in [3.63, 3.8) is 0 Å². The third-order valence-electron chi connectivity index (χ3n) is 4.15. The maximum atomic E-state index is 11.3. The normalized spacial score (nSPS) is 15.5. The fraction of sp³-hybridized carbons (Fsp3) is 0.833. The molecule has 0 spiro atoms. The number of aliphatic carboxylic acids is 1. The van der Waals surface area contributed by atoms with Crippen LogP contribution < -0.4 is 0 Å².